The third-order valence-electron chi connectivity index (χ3n) is 3.03. The minimum absolute atomic E-state index is 0.266. The number of carboxylic acids is 1. The van der Waals surface area contributed by atoms with E-state index in [9.17, 15) is 9.18 Å². The molecule has 1 aromatic rings. The molecule has 0 aromatic heterocycles. The van der Waals surface area contributed by atoms with Crippen LogP contribution >= 0.6 is 0 Å². The van der Waals surface area contributed by atoms with Crippen LogP contribution in [-0.4, -0.2) is 23.2 Å². The summed E-state index contributed by atoms with van der Waals surface area (Å²) in [5.74, 6) is -1.18. The lowest BCUT2D eigenvalue weighted by molar-refractivity contribution is -0.145. The fourth-order valence-corrected chi connectivity index (χ4v) is 1.81. The number of hydrogen-bond donors (Lipinski definition) is 2. The van der Waals surface area contributed by atoms with Gasteiger partial charge in [0, 0.05) is 18.7 Å². The van der Waals surface area contributed by atoms with Crippen molar-refractivity contribution in [3.05, 3.63) is 29.6 Å². The number of halogens is 1. The molecule has 4 nitrogen and oxygen atoms in total. The summed E-state index contributed by atoms with van der Waals surface area (Å²) < 4.78 is 18.8. The largest absolute Gasteiger partial charge is 0.479 e. The average molecular weight is 267 g/mol. The highest BCUT2D eigenvalue weighted by Gasteiger charge is 2.21. The van der Waals surface area contributed by atoms with Crippen LogP contribution in [0.15, 0.2) is 18.2 Å². The monoisotopic (exact) mass is 267 g/mol. The molecule has 1 aromatic carbocycles. The molecule has 19 heavy (non-hydrogen) atoms. The van der Waals surface area contributed by atoms with E-state index < -0.39 is 17.9 Å². The number of ether oxygens (including phenoxy) is 1. The van der Waals surface area contributed by atoms with E-state index in [1.165, 1.54) is 12.1 Å². The van der Waals surface area contributed by atoms with Gasteiger partial charge in [-0.15, -0.1) is 0 Å². The second kappa shape index (κ2) is 6.02. The van der Waals surface area contributed by atoms with Crippen molar-refractivity contribution in [2.24, 2.45) is 0 Å². The molecule has 0 heterocycles. The first kappa shape index (κ1) is 13.8. The summed E-state index contributed by atoms with van der Waals surface area (Å²) in [7, 11) is 0. The maximum atomic E-state index is 13.5. The zero-order chi connectivity index (χ0) is 13.8. The summed E-state index contributed by atoms with van der Waals surface area (Å²) in [6.45, 7) is 2.29. The molecule has 1 aliphatic rings. The molecule has 1 fully saturated rings. The Morgan fingerprint density at radius 2 is 2.26 bits per heavy atom. The lowest BCUT2D eigenvalue weighted by atomic mass is 10.2. The van der Waals surface area contributed by atoms with Gasteiger partial charge >= 0.3 is 5.97 Å². The van der Waals surface area contributed by atoms with Crippen molar-refractivity contribution in [3.8, 4) is 5.75 Å². The molecule has 1 aliphatic carbocycles. The molecule has 0 bridgehead atoms. The molecule has 2 rings (SSSR count). The van der Waals surface area contributed by atoms with E-state index in [4.69, 9.17) is 9.84 Å². The summed E-state index contributed by atoms with van der Waals surface area (Å²) in [6.07, 6.45) is 1.72. The van der Waals surface area contributed by atoms with Gasteiger partial charge < -0.3 is 15.2 Å². The van der Waals surface area contributed by atoms with Gasteiger partial charge in [0.1, 0.15) is 11.6 Å². The summed E-state index contributed by atoms with van der Waals surface area (Å²) in [6, 6.07) is 4.87. The third-order valence-corrected chi connectivity index (χ3v) is 3.03. The molecule has 1 unspecified atom stereocenters. The van der Waals surface area contributed by atoms with Crippen LogP contribution in [0.2, 0.25) is 0 Å². The van der Waals surface area contributed by atoms with Crippen LogP contribution in [0.3, 0.4) is 0 Å². The minimum atomic E-state index is -1.04. The molecule has 0 radical (unpaired) electrons. The van der Waals surface area contributed by atoms with Gasteiger partial charge in [-0.05, 0) is 37.0 Å². The highest BCUT2D eigenvalue weighted by molar-refractivity contribution is 5.72. The van der Waals surface area contributed by atoms with E-state index >= 15 is 0 Å². The summed E-state index contributed by atoms with van der Waals surface area (Å²) in [5.41, 5.74) is 0.766. The van der Waals surface area contributed by atoms with Crippen molar-refractivity contribution in [2.45, 2.75) is 44.9 Å². The highest BCUT2D eigenvalue weighted by atomic mass is 19.1. The van der Waals surface area contributed by atoms with E-state index in [1.54, 1.807) is 13.0 Å². The van der Waals surface area contributed by atoms with Gasteiger partial charge in [0.15, 0.2) is 6.10 Å². The van der Waals surface area contributed by atoms with Gasteiger partial charge in [-0.2, -0.15) is 0 Å². The molecule has 0 spiro atoms. The van der Waals surface area contributed by atoms with E-state index in [2.05, 4.69) is 5.32 Å². The maximum Gasteiger partial charge on any atom is 0.344 e. The smallest absolute Gasteiger partial charge is 0.344 e. The van der Waals surface area contributed by atoms with E-state index in [0.29, 0.717) is 19.0 Å². The lowest BCUT2D eigenvalue weighted by Gasteiger charge is -2.14. The van der Waals surface area contributed by atoms with Crippen molar-refractivity contribution in [2.75, 3.05) is 0 Å². The number of rotatable bonds is 7. The van der Waals surface area contributed by atoms with Crippen LogP contribution < -0.4 is 10.1 Å². The Morgan fingerprint density at radius 3 is 2.84 bits per heavy atom. The maximum absolute atomic E-state index is 13.5. The Balaban J connectivity index is 2.03. The SMILES string of the molecule is CCC(Oc1cc(F)cc(CNC2CC2)c1)C(=O)O. The van der Waals surface area contributed by atoms with Gasteiger partial charge in [-0.1, -0.05) is 6.92 Å². The van der Waals surface area contributed by atoms with Crippen LogP contribution in [0.25, 0.3) is 0 Å². The van der Waals surface area contributed by atoms with Gasteiger partial charge in [-0.25, -0.2) is 9.18 Å². The Hall–Kier alpha value is -1.62. The number of carboxylic acid groups (broad SMARTS) is 1. The molecule has 0 aliphatic heterocycles. The fraction of sp³-hybridized carbons (Fsp3) is 0.500. The molecule has 104 valence electrons. The van der Waals surface area contributed by atoms with Gasteiger partial charge in [0.25, 0.3) is 0 Å². The van der Waals surface area contributed by atoms with Crippen LogP contribution in [0, 0.1) is 5.82 Å². The summed E-state index contributed by atoms with van der Waals surface area (Å²) >= 11 is 0. The zero-order valence-electron chi connectivity index (χ0n) is 10.9. The first-order chi connectivity index (χ1) is 9.08. The molecule has 5 heteroatoms. The van der Waals surface area contributed by atoms with Crippen molar-refractivity contribution in [1.29, 1.82) is 0 Å². The predicted octanol–water partition coefficient (Wildman–Crippen LogP) is 2.32. The Bertz CT molecular complexity index is 460. The minimum Gasteiger partial charge on any atom is -0.479 e. The van der Waals surface area contributed by atoms with Crippen molar-refractivity contribution in [3.63, 3.8) is 0 Å². The molecule has 0 saturated heterocycles. The number of carbonyl (C=O) groups is 1. The zero-order valence-corrected chi connectivity index (χ0v) is 10.9. The van der Waals surface area contributed by atoms with Gasteiger partial charge in [0.05, 0.1) is 0 Å². The van der Waals surface area contributed by atoms with Crippen molar-refractivity contribution in [1.82, 2.24) is 5.32 Å². The second-order valence-corrected chi connectivity index (χ2v) is 4.80. The molecule has 1 saturated carbocycles. The third kappa shape index (κ3) is 4.21. The summed E-state index contributed by atoms with van der Waals surface area (Å²) in [4.78, 5) is 10.9. The van der Waals surface area contributed by atoms with Crippen LogP contribution in [0.1, 0.15) is 31.7 Å². The topological polar surface area (TPSA) is 58.6 Å². The Kier molecular flexibility index (Phi) is 4.37. The average Bonchev–Trinajstić information content (AvgIpc) is 3.16. The normalized spacial score (nSPS) is 16.1. The standard InChI is InChI=1S/C14H18FNO3/c1-2-13(14(17)18)19-12-6-9(5-10(15)7-12)8-16-11-3-4-11/h5-7,11,13,16H,2-4,8H2,1H3,(H,17,18). The van der Waals surface area contributed by atoms with Crippen LogP contribution in [0.4, 0.5) is 4.39 Å². The summed E-state index contributed by atoms with van der Waals surface area (Å²) in [5, 5.41) is 12.2. The van der Waals surface area contributed by atoms with Gasteiger partial charge in [0.2, 0.25) is 0 Å². The van der Waals surface area contributed by atoms with Crippen molar-refractivity contribution < 1.29 is 19.0 Å². The molecule has 2 N–H and O–H groups in total. The van der Waals surface area contributed by atoms with Crippen LogP contribution in [-0.2, 0) is 11.3 Å². The predicted molar refractivity (Wildman–Crippen MR) is 68.6 cm³/mol. The van der Waals surface area contributed by atoms with E-state index in [-0.39, 0.29) is 5.75 Å². The molecular formula is C14H18FNO3. The number of benzene rings is 1. The lowest BCUT2D eigenvalue weighted by Crippen LogP contribution is -2.26. The van der Waals surface area contributed by atoms with Crippen LogP contribution in [0.5, 0.6) is 5.75 Å². The second-order valence-electron chi connectivity index (χ2n) is 4.80. The number of aliphatic carboxylic acids is 1. The van der Waals surface area contributed by atoms with Gasteiger partial charge in [-0.3, -0.25) is 0 Å². The molecule has 0 amide bonds. The van der Waals surface area contributed by atoms with E-state index in [0.717, 1.165) is 18.4 Å². The highest BCUT2D eigenvalue weighted by Crippen LogP contribution is 2.22. The Morgan fingerprint density at radius 1 is 1.53 bits per heavy atom. The van der Waals surface area contributed by atoms with E-state index in [1.807, 2.05) is 0 Å². The first-order valence-corrected chi connectivity index (χ1v) is 6.50. The quantitative estimate of drug-likeness (QED) is 0.796. The number of hydrogen-bond acceptors (Lipinski definition) is 3. The molecular weight excluding hydrogens is 249 g/mol. The molecule has 1 atom stereocenters. The fourth-order valence-electron chi connectivity index (χ4n) is 1.81. The Labute approximate surface area is 111 Å². The first-order valence-electron chi connectivity index (χ1n) is 6.50. The van der Waals surface area contributed by atoms with Crippen molar-refractivity contribution >= 4 is 5.97 Å². The number of nitrogens with one attached hydrogen (secondary N) is 1.